The molecular weight excluding hydrogens is 434 g/mol. The largest absolute Gasteiger partial charge is 0.483 e. The van der Waals surface area contributed by atoms with Crippen LogP contribution in [0.5, 0.6) is 5.75 Å². The number of anilines is 1. The minimum atomic E-state index is -0.319. The number of hydrogen-bond acceptors (Lipinski definition) is 4. The maximum Gasteiger partial charge on any atom is 0.262 e. The van der Waals surface area contributed by atoms with E-state index in [2.05, 4.69) is 26.2 Å². The van der Waals surface area contributed by atoms with Crippen molar-refractivity contribution in [3.8, 4) is 5.75 Å². The lowest BCUT2D eigenvalue weighted by molar-refractivity contribution is -0.118. The molecule has 0 aliphatic heterocycles. The van der Waals surface area contributed by atoms with Crippen LogP contribution in [0.3, 0.4) is 0 Å². The summed E-state index contributed by atoms with van der Waals surface area (Å²) in [6.07, 6.45) is 3.28. The van der Waals surface area contributed by atoms with E-state index in [4.69, 9.17) is 16.3 Å². The van der Waals surface area contributed by atoms with E-state index in [1.54, 1.807) is 66.5 Å². The Kier molecular flexibility index (Phi) is 5.93. The third-order valence-electron chi connectivity index (χ3n) is 3.71. The van der Waals surface area contributed by atoms with Gasteiger partial charge in [0.2, 0.25) is 5.78 Å². The van der Waals surface area contributed by atoms with Crippen LogP contribution in [-0.4, -0.2) is 27.8 Å². The molecule has 1 heterocycles. The fourth-order valence-electron chi connectivity index (χ4n) is 2.35. The maximum absolute atomic E-state index is 12.4. The zero-order chi connectivity index (χ0) is 19.4. The number of rotatable bonds is 6. The first kappa shape index (κ1) is 19.1. The number of carbonyl (C=O) groups is 2. The zero-order valence-electron chi connectivity index (χ0n) is 14.3. The van der Waals surface area contributed by atoms with E-state index in [1.807, 2.05) is 0 Å². The smallest absolute Gasteiger partial charge is 0.262 e. The van der Waals surface area contributed by atoms with Gasteiger partial charge in [-0.15, -0.1) is 0 Å². The predicted molar refractivity (Wildman–Crippen MR) is 106 cm³/mol. The predicted octanol–water partition coefficient (Wildman–Crippen LogP) is 4.08. The van der Waals surface area contributed by atoms with Gasteiger partial charge in [0.25, 0.3) is 5.91 Å². The minimum absolute atomic E-state index is 0.159. The maximum atomic E-state index is 12.4. The summed E-state index contributed by atoms with van der Waals surface area (Å²) in [4.78, 5) is 28.5. The number of aromatic nitrogens is 2. The minimum Gasteiger partial charge on any atom is -0.483 e. The van der Waals surface area contributed by atoms with Crippen molar-refractivity contribution in [2.45, 2.75) is 0 Å². The van der Waals surface area contributed by atoms with Gasteiger partial charge in [-0.05, 0) is 58.4 Å². The highest BCUT2D eigenvalue weighted by Gasteiger charge is 2.14. The first-order valence-corrected chi connectivity index (χ1v) is 9.11. The van der Waals surface area contributed by atoms with E-state index in [9.17, 15) is 9.59 Å². The van der Waals surface area contributed by atoms with Crippen molar-refractivity contribution in [3.63, 3.8) is 0 Å². The van der Waals surface area contributed by atoms with Crippen molar-refractivity contribution in [2.24, 2.45) is 7.05 Å². The van der Waals surface area contributed by atoms with Gasteiger partial charge in [0, 0.05) is 35.7 Å². The molecule has 0 aliphatic carbocycles. The van der Waals surface area contributed by atoms with Crippen LogP contribution in [0.2, 0.25) is 5.02 Å². The Labute approximate surface area is 169 Å². The number of ketones is 1. The summed E-state index contributed by atoms with van der Waals surface area (Å²) < 4.78 is 7.79. The van der Waals surface area contributed by atoms with Gasteiger partial charge in [-0.3, -0.25) is 9.59 Å². The molecule has 1 amide bonds. The molecule has 0 atom stereocenters. The van der Waals surface area contributed by atoms with Crippen LogP contribution in [0.1, 0.15) is 16.2 Å². The van der Waals surface area contributed by atoms with Crippen LogP contribution in [0.4, 0.5) is 5.69 Å². The van der Waals surface area contributed by atoms with Gasteiger partial charge < -0.3 is 14.6 Å². The monoisotopic (exact) mass is 447 g/mol. The third kappa shape index (κ3) is 4.75. The quantitative estimate of drug-likeness (QED) is 0.577. The molecule has 3 rings (SSSR count). The number of nitrogens with one attached hydrogen (secondary N) is 1. The average molecular weight is 449 g/mol. The highest BCUT2D eigenvalue weighted by Crippen LogP contribution is 2.27. The second kappa shape index (κ2) is 8.37. The Bertz CT molecular complexity index is 986. The molecule has 0 radical (unpaired) electrons. The molecule has 2 aromatic carbocycles. The molecule has 6 nitrogen and oxygen atoms in total. The van der Waals surface area contributed by atoms with Crippen molar-refractivity contribution in [1.29, 1.82) is 0 Å². The number of benzene rings is 2. The first-order valence-electron chi connectivity index (χ1n) is 7.94. The van der Waals surface area contributed by atoms with Crippen LogP contribution in [0.25, 0.3) is 0 Å². The van der Waals surface area contributed by atoms with Gasteiger partial charge in [-0.25, -0.2) is 4.98 Å². The Balaban J connectivity index is 1.58. The van der Waals surface area contributed by atoms with E-state index in [0.717, 1.165) is 0 Å². The van der Waals surface area contributed by atoms with Crippen molar-refractivity contribution in [2.75, 3.05) is 11.9 Å². The van der Waals surface area contributed by atoms with Crippen molar-refractivity contribution in [3.05, 3.63) is 75.7 Å². The second-order valence-electron chi connectivity index (χ2n) is 5.68. The number of aryl methyl sites for hydroxylation is 1. The van der Waals surface area contributed by atoms with Gasteiger partial charge in [0.05, 0.1) is 4.47 Å². The third-order valence-corrected chi connectivity index (χ3v) is 4.56. The molecule has 0 aliphatic rings. The summed E-state index contributed by atoms with van der Waals surface area (Å²) in [5, 5.41) is 3.29. The molecule has 3 aromatic rings. The fourth-order valence-corrected chi connectivity index (χ4v) is 3.15. The van der Waals surface area contributed by atoms with Gasteiger partial charge in [0.1, 0.15) is 5.75 Å². The van der Waals surface area contributed by atoms with Crippen LogP contribution in [0.15, 0.2) is 59.3 Å². The van der Waals surface area contributed by atoms with E-state index in [0.29, 0.717) is 32.3 Å². The SMILES string of the molecule is Cn1ccnc1C(=O)c1ccc(NC(=O)COc2ccc(Cl)cc2Br)cc1. The molecule has 0 bridgehead atoms. The van der Waals surface area contributed by atoms with E-state index >= 15 is 0 Å². The highest BCUT2D eigenvalue weighted by molar-refractivity contribution is 9.10. The van der Waals surface area contributed by atoms with Crippen molar-refractivity contribution in [1.82, 2.24) is 9.55 Å². The summed E-state index contributed by atoms with van der Waals surface area (Å²) in [6.45, 7) is -0.159. The summed E-state index contributed by atoms with van der Waals surface area (Å²) in [7, 11) is 1.76. The molecule has 0 saturated heterocycles. The Morgan fingerprint density at radius 2 is 1.96 bits per heavy atom. The van der Waals surface area contributed by atoms with Crippen LogP contribution in [-0.2, 0) is 11.8 Å². The van der Waals surface area contributed by atoms with Gasteiger partial charge in [0.15, 0.2) is 12.4 Å². The van der Waals surface area contributed by atoms with Crippen LogP contribution >= 0.6 is 27.5 Å². The van der Waals surface area contributed by atoms with Crippen molar-refractivity contribution < 1.29 is 14.3 Å². The zero-order valence-corrected chi connectivity index (χ0v) is 16.6. The number of imidazole rings is 1. The van der Waals surface area contributed by atoms with Gasteiger partial charge in [-0.2, -0.15) is 0 Å². The molecule has 0 unspecified atom stereocenters. The number of amides is 1. The molecule has 27 heavy (non-hydrogen) atoms. The summed E-state index contributed by atoms with van der Waals surface area (Å²) in [6, 6.07) is 11.6. The van der Waals surface area contributed by atoms with Crippen molar-refractivity contribution >= 4 is 44.9 Å². The van der Waals surface area contributed by atoms with E-state index in [1.165, 1.54) is 0 Å². The topological polar surface area (TPSA) is 73.2 Å². The van der Waals surface area contributed by atoms with E-state index in [-0.39, 0.29) is 18.3 Å². The lowest BCUT2D eigenvalue weighted by Crippen LogP contribution is -2.20. The normalized spacial score (nSPS) is 10.5. The number of hydrogen-bond donors (Lipinski definition) is 1. The first-order chi connectivity index (χ1) is 12.9. The standard InChI is InChI=1S/C19H15BrClN3O3/c1-24-9-8-22-19(24)18(26)12-2-5-14(6-3-12)23-17(25)11-27-16-7-4-13(21)10-15(16)20/h2-10H,11H2,1H3,(H,23,25). The lowest BCUT2D eigenvalue weighted by atomic mass is 10.1. The van der Waals surface area contributed by atoms with Gasteiger partial charge in [-0.1, -0.05) is 11.6 Å². The molecule has 1 aromatic heterocycles. The molecular formula is C19H15BrClN3O3. The number of halogens is 2. The van der Waals surface area contributed by atoms with E-state index < -0.39 is 0 Å². The molecule has 138 valence electrons. The Morgan fingerprint density at radius 1 is 1.22 bits per heavy atom. The number of carbonyl (C=O) groups excluding carboxylic acids is 2. The summed E-state index contributed by atoms with van der Waals surface area (Å²) >= 11 is 9.20. The molecule has 0 spiro atoms. The number of ether oxygens (including phenoxy) is 1. The number of nitrogens with zero attached hydrogens (tertiary/aromatic N) is 2. The highest BCUT2D eigenvalue weighted by atomic mass is 79.9. The lowest BCUT2D eigenvalue weighted by Gasteiger charge is -2.09. The fraction of sp³-hybridized carbons (Fsp3) is 0.105. The average Bonchev–Trinajstić information content (AvgIpc) is 3.07. The van der Waals surface area contributed by atoms with Crippen LogP contribution in [0, 0.1) is 0 Å². The Hall–Kier alpha value is -2.64. The second-order valence-corrected chi connectivity index (χ2v) is 6.97. The van der Waals surface area contributed by atoms with Crippen LogP contribution < -0.4 is 10.1 Å². The molecule has 8 heteroatoms. The molecule has 0 saturated carbocycles. The molecule has 0 fully saturated rings. The Morgan fingerprint density at radius 3 is 2.59 bits per heavy atom. The summed E-state index contributed by atoms with van der Waals surface area (Å²) in [5.41, 5.74) is 1.05. The summed E-state index contributed by atoms with van der Waals surface area (Å²) in [5.74, 6) is 0.371. The van der Waals surface area contributed by atoms with Gasteiger partial charge >= 0.3 is 0 Å². The molecule has 1 N–H and O–H groups in total.